The molecule has 1 aromatic heterocycles. The molecule has 0 unspecified atom stereocenters. The number of rotatable bonds is 4. The monoisotopic (exact) mass is 301 g/mol. The SMILES string of the molecule is CN(C)c1ncccc1NC1CC(c2ccc(Cl)cc2)C1. The molecule has 1 aliphatic carbocycles. The predicted molar refractivity (Wildman–Crippen MR) is 89.4 cm³/mol. The van der Waals surface area contributed by atoms with Gasteiger partial charge in [0.25, 0.3) is 0 Å². The molecule has 21 heavy (non-hydrogen) atoms. The van der Waals surface area contributed by atoms with Crippen molar-refractivity contribution in [2.75, 3.05) is 24.3 Å². The molecule has 1 aromatic carbocycles. The Morgan fingerprint density at radius 3 is 2.52 bits per heavy atom. The zero-order chi connectivity index (χ0) is 14.8. The molecule has 0 amide bonds. The second-order valence-electron chi connectivity index (χ2n) is 5.83. The van der Waals surface area contributed by atoms with Crippen LogP contribution in [-0.2, 0) is 0 Å². The van der Waals surface area contributed by atoms with Crippen LogP contribution >= 0.6 is 11.6 Å². The number of hydrogen-bond donors (Lipinski definition) is 1. The van der Waals surface area contributed by atoms with Crippen molar-refractivity contribution in [2.24, 2.45) is 0 Å². The van der Waals surface area contributed by atoms with Crippen molar-refractivity contribution < 1.29 is 0 Å². The number of anilines is 2. The maximum absolute atomic E-state index is 5.94. The largest absolute Gasteiger partial charge is 0.379 e. The van der Waals surface area contributed by atoms with E-state index >= 15 is 0 Å². The summed E-state index contributed by atoms with van der Waals surface area (Å²) in [4.78, 5) is 6.46. The van der Waals surface area contributed by atoms with E-state index in [4.69, 9.17) is 11.6 Å². The molecular formula is C17H20ClN3. The van der Waals surface area contributed by atoms with Crippen LogP contribution in [0.4, 0.5) is 11.5 Å². The van der Waals surface area contributed by atoms with Crippen LogP contribution in [0.3, 0.4) is 0 Å². The summed E-state index contributed by atoms with van der Waals surface area (Å²) in [6.45, 7) is 0. The Kier molecular flexibility index (Phi) is 4.02. The summed E-state index contributed by atoms with van der Waals surface area (Å²) in [5, 5.41) is 4.41. The molecule has 2 aromatic rings. The number of pyridine rings is 1. The third kappa shape index (κ3) is 3.13. The minimum absolute atomic E-state index is 0.522. The first-order valence-corrected chi connectivity index (χ1v) is 7.65. The molecule has 0 bridgehead atoms. The Bertz CT molecular complexity index is 604. The van der Waals surface area contributed by atoms with Crippen molar-refractivity contribution in [2.45, 2.75) is 24.8 Å². The average Bonchev–Trinajstić information content (AvgIpc) is 2.44. The van der Waals surface area contributed by atoms with Gasteiger partial charge >= 0.3 is 0 Å². The van der Waals surface area contributed by atoms with Crippen LogP contribution in [-0.4, -0.2) is 25.1 Å². The van der Waals surface area contributed by atoms with Gasteiger partial charge in [-0.15, -0.1) is 0 Å². The molecule has 1 heterocycles. The van der Waals surface area contributed by atoms with Gasteiger partial charge in [-0.1, -0.05) is 23.7 Å². The van der Waals surface area contributed by atoms with Gasteiger partial charge in [-0.2, -0.15) is 0 Å². The van der Waals surface area contributed by atoms with Crippen LogP contribution in [0.5, 0.6) is 0 Å². The van der Waals surface area contributed by atoms with Crippen molar-refractivity contribution in [1.82, 2.24) is 4.98 Å². The van der Waals surface area contributed by atoms with E-state index in [2.05, 4.69) is 28.5 Å². The van der Waals surface area contributed by atoms with Crippen LogP contribution in [0, 0.1) is 0 Å². The summed E-state index contributed by atoms with van der Waals surface area (Å²) in [5.74, 6) is 1.63. The number of nitrogens with one attached hydrogen (secondary N) is 1. The zero-order valence-electron chi connectivity index (χ0n) is 12.4. The molecule has 110 valence electrons. The molecule has 1 fully saturated rings. The van der Waals surface area contributed by atoms with Gasteiger partial charge in [0, 0.05) is 31.4 Å². The van der Waals surface area contributed by atoms with Gasteiger partial charge in [-0.3, -0.25) is 0 Å². The average molecular weight is 302 g/mol. The van der Waals surface area contributed by atoms with Gasteiger partial charge in [0.2, 0.25) is 0 Å². The van der Waals surface area contributed by atoms with Gasteiger partial charge < -0.3 is 10.2 Å². The lowest BCUT2D eigenvalue weighted by molar-refractivity contribution is 0.374. The number of hydrogen-bond acceptors (Lipinski definition) is 3. The van der Waals surface area contributed by atoms with E-state index in [1.165, 1.54) is 5.56 Å². The maximum atomic E-state index is 5.94. The standard InChI is InChI=1S/C17H20ClN3/c1-21(2)17-16(4-3-9-19-17)20-15-10-13(11-15)12-5-7-14(18)8-6-12/h3-9,13,15,20H,10-11H2,1-2H3. The van der Waals surface area contributed by atoms with Gasteiger partial charge in [0.15, 0.2) is 5.82 Å². The first kappa shape index (κ1) is 14.2. The number of aromatic nitrogens is 1. The summed E-state index contributed by atoms with van der Waals surface area (Å²) < 4.78 is 0. The smallest absolute Gasteiger partial charge is 0.151 e. The molecule has 1 N–H and O–H groups in total. The topological polar surface area (TPSA) is 28.2 Å². The fraction of sp³-hybridized carbons (Fsp3) is 0.353. The highest BCUT2D eigenvalue weighted by Gasteiger charge is 2.30. The fourth-order valence-electron chi connectivity index (χ4n) is 2.83. The molecule has 4 heteroatoms. The van der Waals surface area contributed by atoms with Crippen LogP contribution in [0.2, 0.25) is 5.02 Å². The van der Waals surface area contributed by atoms with E-state index < -0.39 is 0 Å². The lowest BCUT2D eigenvalue weighted by atomic mass is 9.76. The molecule has 0 spiro atoms. The fourth-order valence-corrected chi connectivity index (χ4v) is 2.95. The Balaban J connectivity index is 1.61. The first-order chi connectivity index (χ1) is 10.1. The third-order valence-electron chi connectivity index (χ3n) is 4.05. The predicted octanol–water partition coefficient (Wildman–Crippen LogP) is 4.16. The second kappa shape index (κ2) is 5.94. The molecule has 0 atom stereocenters. The van der Waals surface area contributed by atoms with E-state index in [0.717, 1.165) is 29.4 Å². The molecule has 3 rings (SSSR count). The summed E-state index contributed by atoms with van der Waals surface area (Å²) in [6, 6.07) is 12.8. The molecule has 1 saturated carbocycles. The highest BCUT2D eigenvalue weighted by Crippen LogP contribution is 2.39. The van der Waals surface area contributed by atoms with Crippen LogP contribution in [0.1, 0.15) is 24.3 Å². The Morgan fingerprint density at radius 1 is 1.14 bits per heavy atom. The van der Waals surface area contributed by atoms with E-state index in [0.29, 0.717) is 12.0 Å². The summed E-state index contributed by atoms with van der Waals surface area (Å²) in [7, 11) is 4.04. The van der Waals surface area contributed by atoms with Crippen molar-refractivity contribution >= 4 is 23.1 Å². The Morgan fingerprint density at radius 2 is 1.86 bits per heavy atom. The molecule has 3 nitrogen and oxygen atoms in total. The first-order valence-electron chi connectivity index (χ1n) is 7.28. The van der Waals surface area contributed by atoms with Gasteiger partial charge in [0.05, 0.1) is 5.69 Å². The third-order valence-corrected chi connectivity index (χ3v) is 4.30. The van der Waals surface area contributed by atoms with Crippen LogP contribution in [0.25, 0.3) is 0 Å². The van der Waals surface area contributed by atoms with Crippen molar-refractivity contribution in [3.63, 3.8) is 0 Å². The van der Waals surface area contributed by atoms with Crippen LogP contribution in [0.15, 0.2) is 42.6 Å². The second-order valence-corrected chi connectivity index (χ2v) is 6.27. The van der Waals surface area contributed by atoms with E-state index in [1.54, 1.807) is 0 Å². The zero-order valence-corrected chi connectivity index (χ0v) is 13.1. The quantitative estimate of drug-likeness (QED) is 0.919. The van der Waals surface area contributed by atoms with E-state index in [1.807, 2.05) is 43.4 Å². The van der Waals surface area contributed by atoms with Gasteiger partial charge in [-0.05, 0) is 48.6 Å². The maximum Gasteiger partial charge on any atom is 0.151 e. The number of nitrogens with zero attached hydrogens (tertiary/aromatic N) is 2. The lowest BCUT2D eigenvalue weighted by Gasteiger charge is -2.37. The molecule has 1 aliphatic rings. The van der Waals surface area contributed by atoms with E-state index in [9.17, 15) is 0 Å². The molecule has 0 radical (unpaired) electrons. The van der Waals surface area contributed by atoms with Crippen LogP contribution < -0.4 is 10.2 Å². The summed E-state index contributed by atoms with van der Waals surface area (Å²) in [6.07, 6.45) is 4.14. The normalized spacial score (nSPS) is 20.7. The molecular weight excluding hydrogens is 282 g/mol. The van der Waals surface area contributed by atoms with Gasteiger partial charge in [-0.25, -0.2) is 4.98 Å². The molecule has 0 aliphatic heterocycles. The van der Waals surface area contributed by atoms with Crippen molar-refractivity contribution in [1.29, 1.82) is 0 Å². The minimum atomic E-state index is 0.522. The van der Waals surface area contributed by atoms with Crippen molar-refractivity contribution in [3.8, 4) is 0 Å². The number of benzene rings is 1. The van der Waals surface area contributed by atoms with E-state index in [-0.39, 0.29) is 0 Å². The van der Waals surface area contributed by atoms with Crippen molar-refractivity contribution in [3.05, 3.63) is 53.2 Å². The highest BCUT2D eigenvalue weighted by atomic mass is 35.5. The highest BCUT2D eigenvalue weighted by molar-refractivity contribution is 6.30. The minimum Gasteiger partial charge on any atom is -0.379 e. The molecule has 0 saturated heterocycles. The Hall–Kier alpha value is -1.74. The summed E-state index contributed by atoms with van der Waals surface area (Å²) in [5.41, 5.74) is 2.50. The summed E-state index contributed by atoms with van der Waals surface area (Å²) >= 11 is 5.94. The number of halogens is 1. The Labute approximate surface area is 131 Å². The lowest BCUT2D eigenvalue weighted by Crippen LogP contribution is -2.34. The van der Waals surface area contributed by atoms with Gasteiger partial charge in [0.1, 0.15) is 0 Å².